The van der Waals surface area contributed by atoms with Gasteiger partial charge in [-0.25, -0.2) is 4.98 Å². The van der Waals surface area contributed by atoms with E-state index in [4.69, 9.17) is 16.3 Å². The van der Waals surface area contributed by atoms with E-state index < -0.39 is 17.3 Å². The van der Waals surface area contributed by atoms with Gasteiger partial charge in [0.1, 0.15) is 5.75 Å². The van der Waals surface area contributed by atoms with Crippen LogP contribution in [0.25, 0.3) is 22.3 Å². The summed E-state index contributed by atoms with van der Waals surface area (Å²) in [5.74, 6) is -0.0736. The van der Waals surface area contributed by atoms with Gasteiger partial charge in [-0.2, -0.15) is 22.9 Å². The number of hydrogen-bond donors (Lipinski definition) is 1. The minimum absolute atomic E-state index is 0.0534. The Kier molecular flexibility index (Phi) is 7.84. The predicted octanol–water partition coefficient (Wildman–Crippen LogP) is 6.64. The van der Waals surface area contributed by atoms with Crippen molar-refractivity contribution in [1.82, 2.24) is 9.66 Å². The lowest BCUT2D eigenvalue weighted by Crippen LogP contribution is -2.20. The van der Waals surface area contributed by atoms with Crippen molar-refractivity contribution in [2.24, 2.45) is 5.10 Å². The maximum absolute atomic E-state index is 13.4. The number of nitrogens with one attached hydrogen (secondary N) is 1. The minimum atomic E-state index is -4.58. The fourth-order valence-corrected chi connectivity index (χ4v) is 4.07. The van der Waals surface area contributed by atoms with E-state index in [9.17, 15) is 22.8 Å². The number of halogens is 4. The summed E-state index contributed by atoms with van der Waals surface area (Å²) < 4.78 is 46.8. The van der Waals surface area contributed by atoms with Gasteiger partial charge >= 0.3 is 6.18 Å². The van der Waals surface area contributed by atoms with Gasteiger partial charge in [0, 0.05) is 16.3 Å². The zero-order valence-corrected chi connectivity index (χ0v) is 21.9. The molecule has 11 heteroatoms. The van der Waals surface area contributed by atoms with E-state index in [0.29, 0.717) is 27.5 Å². The normalized spacial score (nSPS) is 11.6. The molecular formula is C30H20ClF3N4O3. The Morgan fingerprint density at radius 2 is 1.73 bits per heavy atom. The second-order valence-electron chi connectivity index (χ2n) is 8.81. The third-order valence-corrected chi connectivity index (χ3v) is 6.13. The second kappa shape index (κ2) is 11.6. The second-order valence-corrected chi connectivity index (χ2v) is 9.25. The molecule has 1 amide bonds. The maximum Gasteiger partial charge on any atom is 0.416 e. The Bertz CT molecular complexity index is 1820. The molecule has 41 heavy (non-hydrogen) atoms. The Hall–Kier alpha value is -4.96. The van der Waals surface area contributed by atoms with Gasteiger partial charge in [-0.3, -0.25) is 9.59 Å². The van der Waals surface area contributed by atoms with Crippen LogP contribution in [-0.4, -0.2) is 28.4 Å². The van der Waals surface area contributed by atoms with E-state index in [1.165, 1.54) is 18.3 Å². The number of amides is 1. The van der Waals surface area contributed by atoms with Gasteiger partial charge in [0.2, 0.25) is 0 Å². The van der Waals surface area contributed by atoms with Crippen molar-refractivity contribution >= 4 is 40.3 Å². The summed E-state index contributed by atoms with van der Waals surface area (Å²) in [5.41, 5.74) is 0.0428. The van der Waals surface area contributed by atoms with Crippen LogP contribution in [0.4, 0.5) is 18.9 Å². The fourth-order valence-electron chi connectivity index (χ4n) is 3.94. The van der Waals surface area contributed by atoms with Crippen molar-refractivity contribution < 1.29 is 22.7 Å². The number of carbonyl (C=O) groups is 1. The first-order valence-electron chi connectivity index (χ1n) is 12.2. The highest BCUT2D eigenvalue weighted by Gasteiger charge is 2.31. The zero-order chi connectivity index (χ0) is 29.0. The molecule has 0 saturated heterocycles. The topological polar surface area (TPSA) is 85.6 Å². The SMILES string of the molecule is O=C(COc1cccc(C=Nn2c(-c3cccc(C(F)(F)F)c3)nc3ccccc3c2=O)c1)Nc1ccc(Cl)cc1. The molecule has 5 rings (SSSR count). The highest BCUT2D eigenvalue weighted by atomic mass is 35.5. The average molecular weight is 577 g/mol. The monoisotopic (exact) mass is 576 g/mol. The highest BCUT2D eigenvalue weighted by molar-refractivity contribution is 6.30. The number of alkyl halides is 3. The predicted molar refractivity (Wildman–Crippen MR) is 151 cm³/mol. The molecule has 0 aliphatic rings. The van der Waals surface area contributed by atoms with Crippen LogP contribution in [0, 0.1) is 0 Å². The third kappa shape index (κ3) is 6.62. The summed E-state index contributed by atoms with van der Waals surface area (Å²) in [5, 5.41) is 7.77. The molecule has 0 bridgehead atoms. The molecule has 1 aromatic heterocycles. The Morgan fingerprint density at radius 3 is 2.51 bits per heavy atom. The van der Waals surface area contributed by atoms with E-state index in [-0.39, 0.29) is 29.3 Å². The quantitative estimate of drug-likeness (QED) is 0.220. The maximum atomic E-state index is 13.4. The van der Waals surface area contributed by atoms with Gasteiger partial charge in [0.05, 0.1) is 22.7 Å². The lowest BCUT2D eigenvalue weighted by atomic mass is 10.1. The standard InChI is InChI=1S/C30H20ClF3N4O3/c31-22-11-13-23(14-12-22)36-27(39)18-41-24-8-3-5-19(15-24)17-35-38-28(20-6-4-7-21(16-20)30(32,33)34)37-26-10-2-1-9-25(26)29(38)40/h1-17H,18H2,(H,36,39). The summed E-state index contributed by atoms with van der Waals surface area (Å²) in [4.78, 5) is 30.1. The zero-order valence-electron chi connectivity index (χ0n) is 21.1. The van der Waals surface area contributed by atoms with Crippen molar-refractivity contribution in [2.45, 2.75) is 6.18 Å². The molecule has 0 spiro atoms. The molecule has 0 aliphatic carbocycles. The van der Waals surface area contributed by atoms with E-state index in [1.54, 1.807) is 72.8 Å². The van der Waals surface area contributed by atoms with Gasteiger partial charge in [0.25, 0.3) is 11.5 Å². The first-order chi connectivity index (χ1) is 19.7. The van der Waals surface area contributed by atoms with Crippen LogP contribution in [0.5, 0.6) is 5.75 Å². The van der Waals surface area contributed by atoms with Crippen molar-refractivity contribution in [2.75, 3.05) is 11.9 Å². The molecule has 0 aliphatic heterocycles. The molecule has 0 unspecified atom stereocenters. The molecule has 7 nitrogen and oxygen atoms in total. The molecule has 0 saturated carbocycles. The molecule has 0 fully saturated rings. The molecule has 1 heterocycles. The first-order valence-corrected chi connectivity index (χ1v) is 12.6. The summed E-state index contributed by atoms with van der Waals surface area (Å²) in [6.45, 7) is -0.267. The summed E-state index contributed by atoms with van der Waals surface area (Å²) >= 11 is 5.85. The Morgan fingerprint density at radius 1 is 0.976 bits per heavy atom. The van der Waals surface area contributed by atoms with Crippen LogP contribution in [0.3, 0.4) is 0 Å². The smallest absolute Gasteiger partial charge is 0.416 e. The molecular weight excluding hydrogens is 557 g/mol. The number of fused-ring (bicyclic) bond motifs is 1. The molecule has 4 aromatic carbocycles. The summed E-state index contributed by atoms with van der Waals surface area (Å²) in [7, 11) is 0. The van der Waals surface area contributed by atoms with Crippen LogP contribution < -0.4 is 15.6 Å². The third-order valence-electron chi connectivity index (χ3n) is 5.88. The fraction of sp³-hybridized carbons (Fsp3) is 0.0667. The largest absolute Gasteiger partial charge is 0.484 e. The number of nitrogens with zero attached hydrogens (tertiary/aromatic N) is 3. The number of hydrogen-bond acceptors (Lipinski definition) is 5. The lowest BCUT2D eigenvalue weighted by Gasteiger charge is -2.12. The first kappa shape index (κ1) is 27.6. The van der Waals surface area contributed by atoms with Crippen molar-refractivity contribution in [1.29, 1.82) is 0 Å². The number of ether oxygens (including phenoxy) is 1. The Balaban J connectivity index is 1.42. The van der Waals surface area contributed by atoms with E-state index >= 15 is 0 Å². The molecule has 0 radical (unpaired) electrons. The van der Waals surface area contributed by atoms with Gasteiger partial charge in [-0.15, -0.1) is 0 Å². The minimum Gasteiger partial charge on any atom is -0.484 e. The van der Waals surface area contributed by atoms with E-state index in [2.05, 4.69) is 15.4 Å². The number of para-hydroxylation sites is 1. The Labute approximate surface area is 236 Å². The van der Waals surface area contributed by atoms with Crippen LogP contribution in [0.15, 0.2) is 107 Å². The van der Waals surface area contributed by atoms with Gasteiger partial charge in [-0.1, -0.05) is 48.0 Å². The van der Waals surface area contributed by atoms with Gasteiger partial charge < -0.3 is 10.1 Å². The number of aromatic nitrogens is 2. The number of anilines is 1. The number of rotatable bonds is 7. The lowest BCUT2D eigenvalue weighted by molar-refractivity contribution is -0.137. The number of carbonyl (C=O) groups excluding carboxylic acids is 1. The van der Waals surface area contributed by atoms with E-state index in [1.807, 2.05) is 0 Å². The van der Waals surface area contributed by atoms with Crippen molar-refractivity contribution in [3.8, 4) is 17.1 Å². The summed E-state index contributed by atoms with van der Waals surface area (Å²) in [6, 6.07) is 24.3. The molecule has 5 aromatic rings. The van der Waals surface area contributed by atoms with Crippen LogP contribution in [-0.2, 0) is 11.0 Å². The molecule has 0 atom stereocenters. The van der Waals surface area contributed by atoms with Crippen LogP contribution in [0.1, 0.15) is 11.1 Å². The average Bonchev–Trinajstić information content (AvgIpc) is 2.96. The van der Waals surface area contributed by atoms with Gasteiger partial charge in [-0.05, 0) is 66.2 Å². The highest BCUT2D eigenvalue weighted by Crippen LogP contribution is 2.32. The van der Waals surface area contributed by atoms with Crippen LogP contribution in [0.2, 0.25) is 5.02 Å². The summed E-state index contributed by atoms with van der Waals surface area (Å²) in [6.07, 6.45) is -3.22. The number of benzene rings is 4. The van der Waals surface area contributed by atoms with Gasteiger partial charge in [0.15, 0.2) is 12.4 Å². The van der Waals surface area contributed by atoms with E-state index in [0.717, 1.165) is 16.8 Å². The van der Waals surface area contributed by atoms with Crippen molar-refractivity contribution in [3.05, 3.63) is 124 Å². The van der Waals surface area contributed by atoms with Crippen LogP contribution >= 0.6 is 11.6 Å². The molecule has 206 valence electrons. The van der Waals surface area contributed by atoms with Crippen molar-refractivity contribution in [3.63, 3.8) is 0 Å². The molecule has 1 N–H and O–H groups in total.